The van der Waals surface area contributed by atoms with Crippen LogP contribution in [0.5, 0.6) is 0 Å². The molecule has 0 aliphatic carbocycles. The van der Waals surface area contributed by atoms with Crippen LogP contribution in [0.25, 0.3) is 33.7 Å². The molecule has 0 saturated carbocycles. The van der Waals surface area contributed by atoms with Crippen molar-refractivity contribution in [3.8, 4) is 0 Å². The van der Waals surface area contributed by atoms with Crippen molar-refractivity contribution in [1.29, 1.82) is 0 Å². The lowest BCUT2D eigenvalue weighted by atomic mass is 10.0. The number of nitrogens with zero attached hydrogens (tertiary/aromatic N) is 8. The van der Waals surface area contributed by atoms with Gasteiger partial charge in [0.05, 0.1) is 0 Å². The summed E-state index contributed by atoms with van der Waals surface area (Å²) >= 11 is 0. The lowest BCUT2D eigenvalue weighted by Crippen LogP contribution is -2.33. The van der Waals surface area contributed by atoms with E-state index in [1.807, 2.05) is 0 Å². The van der Waals surface area contributed by atoms with Gasteiger partial charge in [-0.2, -0.15) is 4.98 Å². The average Bonchev–Trinajstić information content (AvgIpc) is 3.71. The summed E-state index contributed by atoms with van der Waals surface area (Å²) in [5.74, 6) is -1.12. The second-order valence-electron chi connectivity index (χ2n) is 13.6. The molecular formula is C39H56N10O3. The van der Waals surface area contributed by atoms with E-state index in [4.69, 9.17) is 24.9 Å². The van der Waals surface area contributed by atoms with Gasteiger partial charge >= 0.3 is 0 Å². The standard InChI is InChI=1S/C39H56N10O3/c1-11-17-24-25(18-12-2)31-40-30(24)41-32-26(19-13-3)28(21-15-5)34(43-32)45-36(38(51)48(8)9)47-37(39(52)49(10)23(7)50)46-35-29(22-16-6)27(20-14-4)33(42-31)44-35/h11-22H2,1-10H3,(H2,40,41,42,43,44,45,46,47). The molecular weight excluding hydrogens is 656 g/mol. The Bertz CT molecular complexity index is 1990. The first-order chi connectivity index (χ1) is 24.9. The first-order valence-corrected chi connectivity index (χ1v) is 18.9. The number of amides is 3. The van der Waals surface area contributed by atoms with Crippen molar-refractivity contribution in [2.24, 2.45) is 0 Å². The molecule has 0 atom stereocenters. The molecule has 2 N–H and O–H groups in total. The van der Waals surface area contributed by atoms with E-state index in [0.29, 0.717) is 53.5 Å². The number of aromatic nitrogens is 8. The highest BCUT2D eigenvalue weighted by Gasteiger charge is 2.25. The fraction of sp³-hybridized carbons (Fsp3) is 0.564. The van der Waals surface area contributed by atoms with E-state index in [0.717, 1.165) is 96.1 Å². The van der Waals surface area contributed by atoms with Crippen LogP contribution in [-0.2, 0) is 30.5 Å². The number of H-pyrrole nitrogens is 2. The monoisotopic (exact) mass is 712 g/mol. The molecule has 3 aromatic heterocycles. The second-order valence-corrected chi connectivity index (χ2v) is 13.6. The number of rotatable bonds is 14. The number of fused-ring (bicyclic) bond motifs is 6. The summed E-state index contributed by atoms with van der Waals surface area (Å²) in [5, 5.41) is 0. The van der Waals surface area contributed by atoms with E-state index in [2.05, 4.69) is 56.5 Å². The van der Waals surface area contributed by atoms with Crippen LogP contribution in [0.2, 0.25) is 0 Å². The Balaban J connectivity index is 2.40. The molecule has 4 rings (SSSR count). The van der Waals surface area contributed by atoms with E-state index in [-0.39, 0.29) is 11.6 Å². The van der Waals surface area contributed by atoms with Gasteiger partial charge in [0.2, 0.25) is 17.6 Å². The zero-order chi connectivity index (χ0) is 38.1. The van der Waals surface area contributed by atoms with Gasteiger partial charge in [0.1, 0.15) is 22.6 Å². The van der Waals surface area contributed by atoms with Gasteiger partial charge in [-0.05, 0) is 38.5 Å². The molecule has 6 bridgehead atoms. The molecule has 4 heterocycles. The predicted octanol–water partition coefficient (Wildman–Crippen LogP) is 7.22. The van der Waals surface area contributed by atoms with Crippen LogP contribution in [0, 0.1) is 0 Å². The van der Waals surface area contributed by atoms with Crippen LogP contribution in [0.1, 0.15) is 155 Å². The maximum Gasteiger partial charge on any atom is 0.298 e. The van der Waals surface area contributed by atoms with Gasteiger partial charge in [0.25, 0.3) is 11.8 Å². The Hall–Kier alpha value is -4.81. The summed E-state index contributed by atoms with van der Waals surface area (Å²) in [7, 11) is 4.57. The fourth-order valence-electron chi connectivity index (χ4n) is 6.53. The molecule has 0 aromatic carbocycles. The van der Waals surface area contributed by atoms with Crippen molar-refractivity contribution in [2.75, 3.05) is 21.1 Å². The van der Waals surface area contributed by atoms with Gasteiger partial charge in [-0.3, -0.25) is 19.3 Å². The molecule has 1 aliphatic rings. The first kappa shape index (κ1) is 40.0. The number of hydrogen-bond donors (Lipinski definition) is 2. The van der Waals surface area contributed by atoms with E-state index >= 15 is 0 Å². The predicted molar refractivity (Wildman–Crippen MR) is 206 cm³/mol. The zero-order valence-electron chi connectivity index (χ0n) is 32.8. The van der Waals surface area contributed by atoms with Crippen molar-refractivity contribution in [1.82, 2.24) is 49.7 Å². The zero-order valence-corrected chi connectivity index (χ0v) is 32.8. The highest BCUT2D eigenvalue weighted by atomic mass is 16.2. The van der Waals surface area contributed by atoms with Crippen molar-refractivity contribution >= 4 is 51.5 Å². The van der Waals surface area contributed by atoms with Crippen molar-refractivity contribution in [2.45, 2.75) is 126 Å². The highest BCUT2D eigenvalue weighted by molar-refractivity contribution is 6.02. The number of nitrogens with one attached hydrogen (secondary N) is 2. The van der Waals surface area contributed by atoms with Crippen LogP contribution in [0.3, 0.4) is 0 Å². The fourth-order valence-corrected chi connectivity index (χ4v) is 6.53. The van der Waals surface area contributed by atoms with E-state index < -0.39 is 17.7 Å². The Labute approximate surface area is 307 Å². The largest absolute Gasteiger partial charge is 0.342 e. The summed E-state index contributed by atoms with van der Waals surface area (Å²) in [6.45, 7) is 14.0. The molecule has 0 fully saturated rings. The highest BCUT2D eigenvalue weighted by Crippen LogP contribution is 2.35. The molecule has 280 valence electrons. The Morgan fingerprint density at radius 1 is 0.481 bits per heavy atom. The molecule has 1 aliphatic heterocycles. The SMILES string of the molecule is CCCC1=C(CCC)c2nc1nc1[nH]c(nc(C(=O)N(C)C)nc(C(=O)N(C)C(C)=O)nc3[nH]c(n2)c(CCC)c3CCC)c(CCC)c1CCC. The Kier molecular flexibility index (Phi) is 13.9. The van der Waals surface area contributed by atoms with Crippen molar-refractivity contribution < 1.29 is 14.4 Å². The lowest BCUT2D eigenvalue weighted by Gasteiger charge is -2.12. The van der Waals surface area contributed by atoms with Gasteiger partial charge in [-0.1, -0.05) is 80.1 Å². The Morgan fingerprint density at radius 2 is 0.827 bits per heavy atom. The number of imide groups is 1. The minimum absolute atomic E-state index is 0.248. The molecule has 13 heteroatoms. The molecule has 52 heavy (non-hydrogen) atoms. The summed E-state index contributed by atoms with van der Waals surface area (Å²) in [4.78, 5) is 79.2. The Morgan fingerprint density at radius 3 is 1.15 bits per heavy atom. The summed E-state index contributed by atoms with van der Waals surface area (Å²) in [6, 6.07) is 0. The van der Waals surface area contributed by atoms with Gasteiger partial charge in [0.15, 0.2) is 11.6 Å². The van der Waals surface area contributed by atoms with Crippen molar-refractivity contribution in [3.63, 3.8) is 0 Å². The molecule has 0 radical (unpaired) electrons. The topological polar surface area (TPSA) is 167 Å². The lowest BCUT2D eigenvalue weighted by molar-refractivity contribution is -0.125. The van der Waals surface area contributed by atoms with Gasteiger partial charge in [0, 0.05) is 61.5 Å². The number of carbonyl (C=O) groups excluding carboxylic acids is 3. The summed E-state index contributed by atoms with van der Waals surface area (Å²) < 4.78 is 0. The van der Waals surface area contributed by atoms with Crippen LogP contribution in [-0.4, -0.2) is 88.5 Å². The smallest absolute Gasteiger partial charge is 0.298 e. The minimum atomic E-state index is -0.764. The second kappa shape index (κ2) is 18.1. The third-order valence-electron chi connectivity index (χ3n) is 9.11. The van der Waals surface area contributed by atoms with E-state index in [9.17, 15) is 14.4 Å². The number of carbonyl (C=O) groups is 3. The molecule has 3 aromatic rings. The third kappa shape index (κ3) is 8.62. The molecule has 0 spiro atoms. The molecule has 13 nitrogen and oxygen atoms in total. The maximum absolute atomic E-state index is 14.0. The number of aryl methyl sites for hydroxylation is 4. The minimum Gasteiger partial charge on any atom is -0.342 e. The van der Waals surface area contributed by atoms with Crippen molar-refractivity contribution in [3.05, 3.63) is 45.6 Å². The van der Waals surface area contributed by atoms with Gasteiger partial charge in [-0.15, -0.1) is 0 Å². The number of allylic oxidation sites excluding steroid dienone is 2. The van der Waals surface area contributed by atoms with Crippen LogP contribution in [0.15, 0.2) is 0 Å². The first-order valence-electron chi connectivity index (χ1n) is 18.9. The third-order valence-corrected chi connectivity index (χ3v) is 9.11. The van der Waals surface area contributed by atoms with E-state index in [1.165, 1.54) is 18.9 Å². The summed E-state index contributed by atoms with van der Waals surface area (Å²) in [5.41, 5.74) is 8.09. The van der Waals surface area contributed by atoms with Crippen LogP contribution >= 0.6 is 0 Å². The normalized spacial score (nSPS) is 12.0. The maximum atomic E-state index is 14.0. The molecule has 0 unspecified atom stereocenters. The quantitative estimate of drug-likeness (QED) is 0.175. The number of aromatic amines is 2. The summed E-state index contributed by atoms with van der Waals surface area (Å²) in [6.07, 6.45) is 9.56. The van der Waals surface area contributed by atoms with Crippen LogP contribution < -0.4 is 0 Å². The molecule has 0 saturated heterocycles. The molecule has 3 amide bonds. The average molecular weight is 713 g/mol. The van der Waals surface area contributed by atoms with Gasteiger partial charge < -0.3 is 14.9 Å². The number of hydrogen-bond acceptors (Lipinski definition) is 9. The van der Waals surface area contributed by atoms with Crippen LogP contribution in [0.4, 0.5) is 0 Å². The van der Waals surface area contributed by atoms with E-state index in [1.54, 1.807) is 14.1 Å². The van der Waals surface area contributed by atoms with Gasteiger partial charge in [-0.25, -0.2) is 24.9 Å².